The molecule has 11 heteroatoms. The Bertz CT molecular complexity index is 1210. The third kappa shape index (κ3) is 4.60. The minimum atomic E-state index is -1.34. The molecule has 1 unspecified atom stereocenters. The predicted octanol–water partition coefficient (Wildman–Crippen LogP) is 2.54. The van der Waals surface area contributed by atoms with E-state index in [1.54, 1.807) is 0 Å². The number of H-pyrrole nitrogens is 1. The number of aromatic nitrogens is 2. The Morgan fingerprint density at radius 3 is 2.55 bits per heavy atom. The van der Waals surface area contributed by atoms with E-state index in [2.05, 4.69) is 10.4 Å². The monoisotopic (exact) mass is 435 g/mol. The fourth-order valence-electron chi connectivity index (χ4n) is 3.02. The number of ether oxygens (including phenoxy) is 1. The molecule has 0 fully saturated rings. The summed E-state index contributed by atoms with van der Waals surface area (Å²) >= 11 is 0. The second-order valence-electron chi connectivity index (χ2n) is 6.42. The first-order valence-corrected chi connectivity index (χ1v) is 8.83. The van der Waals surface area contributed by atoms with Gasteiger partial charge in [0, 0.05) is 12.1 Å². The number of methoxy groups -OCH3 is 1. The molecule has 0 saturated carbocycles. The van der Waals surface area contributed by atoms with Gasteiger partial charge in [0.25, 0.3) is 11.5 Å². The van der Waals surface area contributed by atoms with Gasteiger partial charge in [0.15, 0.2) is 5.82 Å². The van der Waals surface area contributed by atoms with Gasteiger partial charge in [0.1, 0.15) is 28.8 Å². The van der Waals surface area contributed by atoms with Crippen LogP contribution in [-0.4, -0.2) is 33.9 Å². The molecular weight excluding hydrogens is 419 g/mol. The zero-order valence-corrected chi connectivity index (χ0v) is 16.0. The first-order valence-electron chi connectivity index (χ1n) is 8.83. The van der Waals surface area contributed by atoms with Gasteiger partial charge in [-0.25, -0.2) is 17.9 Å². The van der Waals surface area contributed by atoms with Crippen LogP contribution in [0.25, 0.3) is 5.69 Å². The molecule has 3 aromatic rings. The summed E-state index contributed by atoms with van der Waals surface area (Å²) in [5.74, 6) is -4.95. The maximum Gasteiger partial charge on any atom is 0.305 e. The molecule has 0 aliphatic heterocycles. The number of amides is 1. The fraction of sp³-hybridized carbons (Fsp3) is 0.150. The van der Waals surface area contributed by atoms with Gasteiger partial charge in [-0.15, -0.1) is 0 Å². The summed E-state index contributed by atoms with van der Waals surface area (Å²) in [7, 11) is 1.26. The Morgan fingerprint density at radius 2 is 1.90 bits per heavy atom. The largest absolute Gasteiger partial charge is 0.496 e. The number of carboxylic acids is 1. The second kappa shape index (κ2) is 8.78. The van der Waals surface area contributed by atoms with E-state index < -0.39 is 47.4 Å². The highest BCUT2D eigenvalue weighted by Crippen LogP contribution is 2.30. The number of nitrogens with one attached hydrogen (secondary N) is 2. The van der Waals surface area contributed by atoms with Crippen molar-refractivity contribution in [2.24, 2.45) is 0 Å². The van der Waals surface area contributed by atoms with E-state index >= 15 is 0 Å². The van der Waals surface area contributed by atoms with Crippen LogP contribution in [0.3, 0.4) is 0 Å². The number of carbonyl (C=O) groups excluding carboxylic acids is 1. The van der Waals surface area contributed by atoms with E-state index in [0.717, 1.165) is 24.3 Å². The molecule has 31 heavy (non-hydrogen) atoms. The lowest BCUT2D eigenvalue weighted by Gasteiger charge is -2.20. The Labute approximate surface area is 172 Å². The summed E-state index contributed by atoms with van der Waals surface area (Å²) in [6.07, 6.45) is -0.680. The average molecular weight is 435 g/mol. The van der Waals surface area contributed by atoms with Gasteiger partial charge in [-0.05, 0) is 24.3 Å². The minimum absolute atomic E-state index is 0.0194. The van der Waals surface area contributed by atoms with Crippen molar-refractivity contribution in [1.29, 1.82) is 0 Å². The van der Waals surface area contributed by atoms with Gasteiger partial charge in [0.05, 0.1) is 25.1 Å². The predicted molar refractivity (Wildman–Crippen MR) is 102 cm³/mol. The smallest absolute Gasteiger partial charge is 0.305 e. The van der Waals surface area contributed by atoms with E-state index in [1.165, 1.54) is 19.2 Å². The van der Waals surface area contributed by atoms with Crippen molar-refractivity contribution < 1.29 is 32.6 Å². The molecule has 0 bridgehead atoms. The summed E-state index contributed by atoms with van der Waals surface area (Å²) < 4.78 is 47.2. The van der Waals surface area contributed by atoms with E-state index in [1.807, 2.05) is 0 Å². The molecule has 1 amide bonds. The average Bonchev–Trinajstić information content (AvgIpc) is 3.08. The zero-order chi connectivity index (χ0) is 22.7. The van der Waals surface area contributed by atoms with E-state index in [4.69, 9.17) is 4.74 Å². The molecule has 1 atom stereocenters. The fourth-order valence-corrected chi connectivity index (χ4v) is 3.02. The Balaban J connectivity index is 1.95. The van der Waals surface area contributed by atoms with Crippen molar-refractivity contribution in [3.05, 3.63) is 81.5 Å². The molecule has 162 valence electrons. The summed E-state index contributed by atoms with van der Waals surface area (Å²) in [6, 6.07) is 5.83. The topological polar surface area (TPSA) is 113 Å². The maximum atomic E-state index is 14.4. The van der Waals surface area contributed by atoms with Crippen molar-refractivity contribution >= 4 is 11.9 Å². The van der Waals surface area contributed by atoms with Crippen LogP contribution in [0.4, 0.5) is 13.2 Å². The zero-order valence-electron chi connectivity index (χ0n) is 16.0. The quantitative estimate of drug-likeness (QED) is 0.528. The highest BCUT2D eigenvalue weighted by atomic mass is 19.1. The van der Waals surface area contributed by atoms with Crippen LogP contribution < -0.4 is 15.6 Å². The highest BCUT2D eigenvalue weighted by Gasteiger charge is 2.26. The van der Waals surface area contributed by atoms with E-state index in [-0.39, 0.29) is 22.7 Å². The third-order valence-electron chi connectivity index (χ3n) is 4.38. The van der Waals surface area contributed by atoms with E-state index in [9.17, 15) is 32.7 Å². The van der Waals surface area contributed by atoms with Gasteiger partial charge in [-0.3, -0.25) is 19.5 Å². The number of hydrogen-bond acceptors (Lipinski definition) is 4. The molecule has 1 aromatic heterocycles. The number of aliphatic carboxylic acids is 1. The standard InChI is InChI=1S/C20H16F3N3O5/c1-31-16-4-2-3-11(22)19(16)13(9-18(28)29)24-20(30)14-8-17(27)26(25-14)15-6-5-10(21)7-12(15)23/h2-8,13,25H,9H2,1H3,(H,24,30)(H,28,29). The van der Waals surface area contributed by atoms with Crippen molar-refractivity contribution in [2.45, 2.75) is 12.5 Å². The number of carbonyl (C=O) groups is 2. The lowest BCUT2D eigenvalue weighted by atomic mass is 10.0. The van der Waals surface area contributed by atoms with Crippen LogP contribution in [0.2, 0.25) is 0 Å². The van der Waals surface area contributed by atoms with Gasteiger partial charge in [0.2, 0.25) is 0 Å². The Morgan fingerprint density at radius 1 is 1.16 bits per heavy atom. The molecule has 0 spiro atoms. The Kier molecular flexibility index (Phi) is 6.14. The third-order valence-corrected chi connectivity index (χ3v) is 4.38. The lowest BCUT2D eigenvalue weighted by Crippen LogP contribution is -2.31. The highest BCUT2D eigenvalue weighted by molar-refractivity contribution is 5.92. The van der Waals surface area contributed by atoms with Gasteiger partial charge >= 0.3 is 5.97 Å². The SMILES string of the molecule is COc1cccc(F)c1C(CC(=O)O)NC(=O)c1cc(=O)n(-c2ccc(F)cc2F)[nH]1. The molecule has 1 heterocycles. The summed E-state index contributed by atoms with van der Waals surface area (Å²) in [5, 5.41) is 13.9. The molecule has 3 N–H and O–H groups in total. The van der Waals surface area contributed by atoms with Crippen LogP contribution >= 0.6 is 0 Å². The van der Waals surface area contributed by atoms with Crippen molar-refractivity contribution in [1.82, 2.24) is 15.1 Å². The first kappa shape index (κ1) is 21.7. The molecule has 2 aromatic carbocycles. The molecule has 8 nitrogen and oxygen atoms in total. The molecule has 0 saturated heterocycles. The number of halogens is 3. The van der Waals surface area contributed by atoms with Crippen LogP contribution in [0.15, 0.2) is 47.3 Å². The molecule has 0 radical (unpaired) electrons. The maximum absolute atomic E-state index is 14.4. The summed E-state index contributed by atoms with van der Waals surface area (Å²) in [6.45, 7) is 0. The van der Waals surface area contributed by atoms with Crippen LogP contribution in [0, 0.1) is 17.5 Å². The number of rotatable bonds is 7. The summed E-state index contributed by atoms with van der Waals surface area (Å²) in [5.41, 5.74) is -1.69. The van der Waals surface area contributed by atoms with Gasteiger partial charge in [-0.2, -0.15) is 0 Å². The summed E-state index contributed by atoms with van der Waals surface area (Å²) in [4.78, 5) is 36.1. The van der Waals surface area contributed by atoms with E-state index in [0.29, 0.717) is 10.7 Å². The van der Waals surface area contributed by atoms with Crippen molar-refractivity contribution in [3.8, 4) is 11.4 Å². The second-order valence-corrected chi connectivity index (χ2v) is 6.42. The Hall–Kier alpha value is -4.02. The minimum Gasteiger partial charge on any atom is -0.496 e. The number of nitrogens with zero attached hydrogens (tertiary/aromatic N) is 1. The van der Waals surface area contributed by atoms with Crippen LogP contribution in [0.1, 0.15) is 28.5 Å². The molecule has 0 aliphatic rings. The molecule has 0 aliphatic carbocycles. The van der Waals surface area contributed by atoms with Crippen LogP contribution in [-0.2, 0) is 4.79 Å². The number of aromatic amines is 1. The number of carboxylic acid groups (broad SMARTS) is 1. The van der Waals surface area contributed by atoms with Crippen molar-refractivity contribution in [2.75, 3.05) is 7.11 Å². The van der Waals surface area contributed by atoms with Crippen LogP contribution in [0.5, 0.6) is 5.75 Å². The molecular formula is C20H16F3N3O5. The first-order chi connectivity index (χ1) is 14.7. The molecule has 3 rings (SSSR count). The van der Waals surface area contributed by atoms with Crippen molar-refractivity contribution in [3.63, 3.8) is 0 Å². The lowest BCUT2D eigenvalue weighted by molar-refractivity contribution is -0.137. The van der Waals surface area contributed by atoms with Gasteiger partial charge in [-0.1, -0.05) is 6.07 Å². The van der Waals surface area contributed by atoms with Gasteiger partial charge < -0.3 is 15.2 Å². The number of benzene rings is 2. The normalized spacial score (nSPS) is 11.7. The number of hydrogen-bond donors (Lipinski definition) is 3.